The molecule has 0 saturated carbocycles. The molecule has 234 valence electrons. The average molecular weight is 614 g/mol. The van der Waals surface area contributed by atoms with Gasteiger partial charge in [-0.15, -0.1) is 0 Å². The number of hydrazone groups is 1. The van der Waals surface area contributed by atoms with Gasteiger partial charge in [0, 0.05) is 61.6 Å². The quantitative estimate of drug-likeness (QED) is 0.227. The number of halogens is 1. The molecule has 3 N–H and O–H groups in total. The van der Waals surface area contributed by atoms with Crippen LogP contribution in [0.3, 0.4) is 0 Å². The van der Waals surface area contributed by atoms with E-state index in [0.29, 0.717) is 31.6 Å². The molecule has 0 aliphatic carbocycles. The molecule has 45 heavy (non-hydrogen) atoms. The number of amides is 1. The molecule has 3 unspecified atom stereocenters. The number of amidine groups is 1. The number of aliphatic imine (C=N–C) groups is 2. The Kier molecular flexibility index (Phi) is 7.56. The van der Waals surface area contributed by atoms with Crippen LogP contribution in [0.2, 0.25) is 0 Å². The van der Waals surface area contributed by atoms with E-state index in [4.69, 9.17) is 19.8 Å². The number of allylic oxidation sites excluding steroid dienone is 1. The number of anilines is 1. The van der Waals surface area contributed by atoms with Crippen LogP contribution in [0.15, 0.2) is 45.6 Å². The minimum absolute atomic E-state index is 0.0352. The molecular formula is C32H36FN9O3. The maximum absolute atomic E-state index is 14.4. The molecule has 0 spiro atoms. The van der Waals surface area contributed by atoms with Gasteiger partial charge in [-0.1, -0.05) is 6.08 Å². The van der Waals surface area contributed by atoms with Gasteiger partial charge in [-0.05, 0) is 61.4 Å². The Morgan fingerprint density at radius 2 is 2.04 bits per heavy atom. The van der Waals surface area contributed by atoms with Crippen LogP contribution in [0.5, 0.6) is 5.75 Å². The summed E-state index contributed by atoms with van der Waals surface area (Å²) in [5.74, 6) is 0.631. The van der Waals surface area contributed by atoms with E-state index in [1.807, 2.05) is 17.2 Å². The van der Waals surface area contributed by atoms with Gasteiger partial charge < -0.3 is 20.1 Å². The molecular weight excluding hydrogens is 577 g/mol. The summed E-state index contributed by atoms with van der Waals surface area (Å²) < 4.78 is 21.2. The van der Waals surface area contributed by atoms with Crippen LogP contribution in [0, 0.1) is 5.82 Å². The largest absolute Gasteiger partial charge is 0.494 e. The topological polar surface area (TPSA) is 141 Å². The number of nitrogens with one attached hydrogen (secondary N) is 2. The van der Waals surface area contributed by atoms with Crippen LogP contribution in [-0.4, -0.2) is 88.1 Å². The molecule has 1 amide bonds. The number of carbonyl (C=O) groups is 1. The standard InChI is InChI=1S/C32H36FN9O3/c1-34-29(40-35-2)32(44)41-20-6-7-21(41)13-19(12-20)28-27-25(43)10-11-36-31(27)42-30(39-28)22(16-38-42)18-4-8-24(37-15-18)17-5-9-26(45-3)23(33)14-17/h4-5,9,14,16,19-21,25,36,43H,2,6-8,10-13,15H2,1,3H3,(H,34,40). The lowest BCUT2D eigenvalue weighted by Gasteiger charge is -2.40. The Hall–Kier alpha value is -4.65. The number of fused-ring (bicyclic) bond motifs is 5. The maximum Gasteiger partial charge on any atom is 0.291 e. The number of hydrogen-bond donors (Lipinski definition) is 3. The van der Waals surface area contributed by atoms with Crippen LogP contribution in [0.25, 0.3) is 11.2 Å². The van der Waals surface area contributed by atoms with Crippen molar-refractivity contribution in [3.8, 4) is 5.75 Å². The highest BCUT2D eigenvalue weighted by Gasteiger charge is 2.46. The lowest BCUT2D eigenvalue weighted by atomic mass is 9.84. The molecule has 13 heteroatoms. The first-order valence-electron chi connectivity index (χ1n) is 15.3. The number of aliphatic hydroxyl groups excluding tert-OH is 1. The number of hydrogen-bond acceptors (Lipinski definition) is 9. The summed E-state index contributed by atoms with van der Waals surface area (Å²) in [6.45, 7) is 4.46. The number of dihydropyridines is 1. The van der Waals surface area contributed by atoms with Gasteiger partial charge in [0.1, 0.15) is 5.82 Å². The van der Waals surface area contributed by atoms with Gasteiger partial charge in [-0.2, -0.15) is 14.7 Å². The van der Waals surface area contributed by atoms with Crippen LogP contribution in [-0.2, 0) is 4.79 Å². The molecule has 2 bridgehead atoms. The van der Waals surface area contributed by atoms with E-state index in [1.165, 1.54) is 13.2 Å². The summed E-state index contributed by atoms with van der Waals surface area (Å²) in [6, 6.07) is 4.96. The number of methoxy groups -OCH3 is 1. The fourth-order valence-corrected chi connectivity index (χ4v) is 7.43. The third kappa shape index (κ3) is 4.95. The summed E-state index contributed by atoms with van der Waals surface area (Å²) in [6.07, 6.45) is 7.66. The zero-order valence-corrected chi connectivity index (χ0v) is 25.3. The van der Waals surface area contributed by atoms with Gasteiger partial charge in [0.05, 0.1) is 31.6 Å². The van der Waals surface area contributed by atoms with Crippen molar-refractivity contribution in [2.24, 2.45) is 15.1 Å². The van der Waals surface area contributed by atoms with Crippen molar-refractivity contribution in [1.29, 1.82) is 0 Å². The Bertz CT molecular complexity index is 1770. The first-order chi connectivity index (χ1) is 21.9. The Morgan fingerprint density at radius 1 is 1.24 bits per heavy atom. The van der Waals surface area contributed by atoms with E-state index in [9.17, 15) is 14.3 Å². The fourth-order valence-electron chi connectivity index (χ4n) is 7.43. The molecule has 2 fully saturated rings. The molecule has 2 saturated heterocycles. The van der Waals surface area contributed by atoms with Crippen molar-refractivity contribution in [1.82, 2.24) is 24.9 Å². The zero-order chi connectivity index (χ0) is 31.2. The van der Waals surface area contributed by atoms with Gasteiger partial charge in [0.15, 0.2) is 17.2 Å². The summed E-state index contributed by atoms with van der Waals surface area (Å²) in [5.41, 5.74) is 8.41. The second kappa shape index (κ2) is 11.7. The highest BCUT2D eigenvalue weighted by Crippen LogP contribution is 2.46. The molecule has 0 radical (unpaired) electrons. The normalized spacial score (nSPS) is 24.4. The summed E-state index contributed by atoms with van der Waals surface area (Å²) >= 11 is 0. The molecule has 6 heterocycles. The van der Waals surface area contributed by atoms with E-state index >= 15 is 0 Å². The SMILES string of the molecule is C=NNC(=NC)C(=O)N1C2CCC1CC(c1nc3c(C4=CCC(c5ccc(OC)c(F)c5)=NC4)cnn3c3c1C(O)CCN3)C2. The smallest absolute Gasteiger partial charge is 0.291 e. The summed E-state index contributed by atoms with van der Waals surface area (Å²) in [7, 11) is 3.01. The van der Waals surface area contributed by atoms with Gasteiger partial charge in [-0.3, -0.25) is 20.2 Å². The predicted molar refractivity (Wildman–Crippen MR) is 170 cm³/mol. The Morgan fingerprint density at radius 3 is 2.71 bits per heavy atom. The average Bonchev–Trinajstić information content (AvgIpc) is 3.60. The summed E-state index contributed by atoms with van der Waals surface area (Å²) in [4.78, 5) is 29.4. The van der Waals surface area contributed by atoms with Crippen LogP contribution < -0.4 is 15.5 Å². The fraction of sp³-hybridized carbons (Fsp3) is 0.438. The van der Waals surface area contributed by atoms with E-state index < -0.39 is 11.9 Å². The highest BCUT2D eigenvalue weighted by atomic mass is 19.1. The minimum atomic E-state index is -0.661. The Balaban J connectivity index is 1.21. The molecule has 3 aromatic rings. The molecule has 4 aliphatic heterocycles. The van der Waals surface area contributed by atoms with Crippen molar-refractivity contribution in [3.05, 3.63) is 58.7 Å². The van der Waals surface area contributed by atoms with Crippen molar-refractivity contribution < 1.29 is 19.0 Å². The first kappa shape index (κ1) is 29.1. The van der Waals surface area contributed by atoms with Gasteiger partial charge in [0.2, 0.25) is 5.84 Å². The van der Waals surface area contributed by atoms with Crippen LogP contribution in [0.1, 0.15) is 72.9 Å². The van der Waals surface area contributed by atoms with E-state index in [0.717, 1.165) is 65.2 Å². The molecule has 1 aromatic carbocycles. The molecule has 3 atom stereocenters. The molecule has 4 aliphatic rings. The highest BCUT2D eigenvalue weighted by molar-refractivity contribution is 6.37. The second-order valence-corrected chi connectivity index (χ2v) is 11.9. The lowest BCUT2D eigenvalue weighted by molar-refractivity contribution is -0.128. The Labute approximate surface area is 259 Å². The van der Waals surface area contributed by atoms with Gasteiger partial charge in [-0.25, -0.2) is 9.37 Å². The third-order valence-electron chi connectivity index (χ3n) is 9.53. The molecule has 7 rings (SSSR count). The van der Waals surface area contributed by atoms with Crippen LogP contribution in [0.4, 0.5) is 10.2 Å². The first-order valence-corrected chi connectivity index (χ1v) is 15.3. The van der Waals surface area contributed by atoms with Crippen molar-refractivity contribution in [3.63, 3.8) is 0 Å². The van der Waals surface area contributed by atoms with E-state index in [2.05, 4.69) is 33.6 Å². The third-order valence-corrected chi connectivity index (χ3v) is 9.53. The number of piperidine rings is 1. The van der Waals surface area contributed by atoms with E-state index in [1.54, 1.807) is 17.6 Å². The lowest BCUT2D eigenvalue weighted by Crippen LogP contribution is -2.51. The molecule has 12 nitrogen and oxygen atoms in total. The molecule has 2 aromatic heterocycles. The maximum atomic E-state index is 14.4. The monoisotopic (exact) mass is 613 g/mol. The van der Waals surface area contributed by atoms with E-state index in [-0.39, 0.29) is 35.5 Å². The van der Waals surface area contributed by atoms with Gasteiger partial charge in [0.25, 0.3) is 5.91 Å². The van der Waals surface area contributed by atoms with Crippen molar-refractivity contribution >= 4 is 41.2 Å². The van der Waals surface area contributed by atoms with Crippen molar-refractivity contribution in [2.45, 2.75) is 62.6 Å². The predicted octanol–water partition coefficient (Wildman–Crippen LogP) is 3.47. The number of ether oxygens (including phenoxy) is 1. The number of aliphatic hydroxyl groups is 1. The second-order valence-electron chi connectivity index (χ2n) is 11.9. The number of rotatable bonds is 5. The number of aromatic nitrogens is 3. The number of nitrogens with zero attached hydrogens (tertiary/aromatic N) is 7. The summed E-state index contributed by atoms with van der Waals surface area (Å²) in [5, 5.41) is 23.1. The van der Waals surface area contributed by atoms with Crippen LogP contribution >= 0.6 is 0 Å². The minimum Gasteiger partial charge on any atom is -0.494 e. The van der Waals surface area contributed by atoms with Gasteiger partial charge >= 0.3 is 0 Å². The number of carbonyl (C=O) groups excluding carboxylic acids is 1. The van der Waals surface area contributed by atoms with Crippen molar-refractivity contribution in [2.75, 3.05) is 32.6 Å². The zero-order valence-electron chi connectivity index (χ0n) is 25.3. The number of benzene rings is 1.